The number of carbonyl (C=O) groups excluding carboxylic acids is 1. The average molecular weight is 520 g/mol. The van der Waals surface area contributed by atoms with Gasteiger partial charge >= 0.3 is 0 Å². The number of fused-ring (bicyclic) bond motifs is 1. The van der Waals surface area contributed by atoms with Crippen LogP contribution in [0.15, 0.2) is 30.0 Å². The van der Waals surface area contributed by atoms with Crippen molar-refractivity contribution in [3.63, 3.8) is 0 Å². The van der Waals surface area contributed by atoms with Crippen LogP contribution in [0.25, 0.3) is 5.32 Å². The minimum Gasteiger partial charge on any atom is -0.654 e. The molecule has 2 aliphatic rings. The van der Waals surface area contributed by atoms with Crippen LogP contribution in [0.5, 0.6) is 0 Å². The van der Waals surface area contributed by atoms with Crippen LogP contribution in [0, 0.1) is 18.9 Å². The second-order valence-electron chi connectivity index (χ2n) is 7.02. The summed E-state index contributed by atoms with van der Waals surface area (Å²) >= 11 is 0. The standard InChI is InChI=1S/C16H21N.C5H8O2.Ir/c1-12-6-2-4-8-14(12)16-11-10-13-7-3-5-9-15(13)17-16;1-4(6)3-5(2)7;/h2,4,6,13,15-16H,3,5,7,9-11H2,1H3;3,6H,1-2H3;/q-2;;/b;4-3-;. The molecule has 1 saturated heterocycles. The Bertz CT molecular complexity index is 581. The zero-order valence-electron chi connectivity index (χ0n) is 15.4. The van der Waals surface area contributed by atoms with E-state index in [1.54, 1.807) is 0 Å². The largest absolute Gasteiger partial charge is 0.654 e. The van der Waals surface area contributed by atoms with E-state index in [0.717, 1.165) is 5.92 Å². The summed E-state index contributed by atoms with van der Waals surface area (Å²) in [6.45, 7) is 5.04. The van der Waals surface area contributed by atoms with E-state index in [0.29, 0.717) is 12.1 Å². The van der Waals surface area contributed by atoms with Crippen LogP contribution in [0.4, 0.5) is 0 Å². The van der Waals surface area contributed by atoms with Crippen molar-refractivity contribution < 1.29 is 30.0 Å². The molecule has 3 nitrogen and oxygen atoms in total. The van der Waals surface area contributed by atoms with E-state index >= 15 is 0 Å². The van der Waals surface area contributed by atoms with Gasteiger partial charge in [-0.2, -0.15) is 35.4 Å². The molecule has 141 valence electrons. The molecular formula is C21H29IrNO2-2. The Balaban J connectivity index is 0.000000339. The van der Waals surface area contributed by atoms with E-state index in [9.17, 15) is 4.79 Å². The summed E-state index contributed by atoms with van der Waals surface area (Å²) < 4.78 is 0. The zero-order valence-corrected chi connectivity index (χ0v) is 17.8. The Morgan fingerprint density at radius 1 is 1.24 bits per heavy atom. The fourth-order valence-electron chi connectivity index (χ4n) is 3.80. The molecule has 0 bridgehead atoms. The molecular weight excluding hydrogens is 490 g/mol. The molecule has 1 heterocycles. The molecule has 2 fully saturated rings. The molecule has 1 aliphatic carbocycles. The predicted octanol–water partition coefficient (Wildman–Crippen LogP) is 5.60. The fraction of sp³-hybridized carbons (Fsp3) is 0.571. The molecule has 0 spiro atoms. The maximum atomic E-state index is 10.0. The van der Waals surface area contributed by atoms with Gasteiger partial charge in [0.15, 0.2) is 5.78 Å². The van der Waals surface area contributed by atoms with Crippen LogP contribution in [0.1, 0.15) is 69.5 Å². The Kier molecular flexibility index (Phi) is 9.63. The molecule has 1 radical (unpaired) electrons. The number of aliphatic hydroxyl groups excluding tert-OH is 1. The summed E-state index contributed by atoms with van der Waals surface area (Å²) in [5.41, 5.74) is 2.70. The van der Waals surface area contributed by atoms with Gasteiger partial charge in [0.1, 0.15) is 0 Å². The van der Waals surface area contributed by atoms with Crippen molar-refractivity contribution in [2.24, 2.45) is 5.92 Å². The van der Waals surface area contributed by atoms with E-state index in [4.69, 9.17) is 10.4 Å². The maximum absolute atomic E-state index is 10.0. The number of aliphatic hydroxyl groups is 1. The summed E-state index contributed by atoms with van der Waals surface area (Å²) in [6, 6.07) is 10.8. The third-order valence-electron chi connectivity index (χ3n) is 4.90. The molecule has 3 atom stereocenters. The Morgan fingerprint density at radius 2 is 1.96 bits per heavy atom. The van der Waals surface area contributed by atoms with Crippen LogP contribution in [0.3, 0.4) is 0 Å². The van der Waals surface area contributed by atoms with Crippen LogP contribution >= 0.6 is 0 Å². The summed E-state index contributed by atoms with van der Waals surface area (Å²) in [4.78, 5) is 10.0. The van der Waals surface area contributed by atoms with Gasteiger partial charge in [-0.05, 0) is 13.8 Å². The van der Waals surface area contributed by atoms with Crippen LogP contribution < -0.4 is 0 Å². The van der Waals surface area contributed by atoms with Crippen LogP contribution in [0.2, 0.25) is 0 Å². The number of nitrogens with zero attached hydrogens (tertiary/aromatic N) is 1. The third kappa shape index (κ3) is 7.05. The first-order valence-electron chi connectivity index (χ1n) is 9.02. The molecule has 3 rings (SSSR count). The topological polar surface area (TPSA) is 51.4 Å². The van der Waals surface area contributed by atoms with E-state index in [2.05, 4.69) is 25.1 Å². The van der Waals surface area contributed by atoms with Gasteiger partial charge in [-0.3, -0.25) is 4.79 Å². The van der Waals surface area contributed by atoms with Gasteiger partial charge in [0.2, 0.25) is 0 Å². The Morgan fingerprint density at radius 3 is 2.56 bits per heavy atom. The molecule has 25 heavy (non-hydrogen) atoms. The van der Waals surface area contributed by atoms with E-state index in [1.807, 2.05) is 6.07 Å². The van der Waals surface area contributed by atoms with Crippen molar-refractivity contribution in [2.75, 3.05) is 0 Å². The van der Waals surface area contributed by atoms with Gasteiger partial charge in [-0.15, -0.1) is 12.1 Å². The van der Waals surface area contributed by atoms with Crippen molar-refractivity contribution in [3.8, 4) is 0 Å². The Hall–Kier alpha value is -0.961. The van der Waals surface area contributed by atoms with Crippen molar-refractivity contribution in [3.05, 3.63) is 52.5 Å². The number of aryl methyl sites for hydroxylation is 1. The van der Waals surface area contributed by atoms with E-state index in [1.165, 1.54) is 69.6 Å². The third-order valence-corrected chi connectivity index (χ3v) is 4.90. The average Bonchev–Trinajstić information content (AvgIpc) is 2.54. The molecule has 1 aliphatic heterocycles. The van der Waals surface area contributed by atoms with Gasteiger partial charge in [0.05, 0.1) is 5.76 Å². The van der Waals surface area contributed by atoms with Crippen LogP contribution in [-0.4, -0.2) is 16.9 Å². The quantitative estimate of drug-likeness (QED) is 0.314. The van der Waals surface area contributed by atoms with Gasteiger partial charge in [0, 0.05) is 26.2 Å². The Labute approximate surface area is 165 Å². The van der Waals surface area contributed by atoms with E-state index < -0.39 is 0 Å². The van der Waals surface area contributed by atoms with Gasteiger partial charge < -0.3 is 10.4 Å². The normalized spacial score (nSPS) is 25.7. The van der Waals surface area contributed by atoms with Crippen molar-refractivity contribution in [2.45, 2.75) is 71.4 Å². The van der Waals surface area contributed by atoms with Gasteiger partial charge in [-0.25, -0.2) is 0 Å². The van der Waals surface area contributed by atoms with Gasteiger partial charge in [0.25, 0.3) is 0 Å². The van der Waals surface area contributed by atoms with Gasteiger partial charge in [-0.1, -0.05) is 51.4 Å². The second kappa shape index (κ2) is 10.9. The monoisotopic (exact) mass is 520 g/mol. The molecule has 1 N–H and O–H groups in total. The van der Waals surface area contributed by atoms with Crippen molar-refractivity contribution >= 4 is 5.78 Å². The number of carbonyl (C=O) groups is 1. The molecule has 4 heteroatoms. The molecule has 3 unspecified atom stereocenters. The minimum absolute atomic E-state index is 0. The van der Waals surface area contributed by atoms with E-state index in [-0.39, 0.29) is 31.6 Å². The fourth-order valence-corrected chi connectivity index (χ4v) is 3.80. The summed E-state index contributed by atoms with van der Waals surface area (Å²) in [5.74, 6) is 0.830. The van der Waals surface area contributed by atoms with Crippen molar-refractivity contribution in [1.82, 2.24) is 0 Å². The van der Waals surface area contributed by atoms with Crippen molar-refractivity contribution in [1.29, 1.82) is 0 Å². The number of rotatable bonds is 2. The van der Waals surface area contributed by atoms with Crippen LogP contribution in [-0.2, 0) is 24.9 Å². The minimum atomic E-state index is -0.125. The zero-order chi connectivity index (χ0) is 17.5. The first-order valence-corrected chi connectivity index (χ1v) is 9.02. The first kappa shape index (κ1) is 22.1. The number of ketones is 1. The number of piperidine rings is 1. The SMILES string of the molecule is CC(=O)/C=C(/C)O.Cc1ccc[c-]c1C1CCC2CCCCC2[N-]1.[Ir]. The summed E-state index contributed by atoms with van der Waals surface area (Å²) in [5, 5.41) is 13.5. The second-order valence-corrected chi connectivity index (χ2v) is 7.02. The number of allylic oxidation sites excluding steroid dienone is 2. The molecule has 1 aromatic rings. The molecule has 0 amide bonds. The smallest absolute Gasteiger partial charge is 0.155 e. The first-order chi connectivity index (χ1) is 11.5. The molecule has 1 aromatic carbocycles. The number of hydrogen-bond donors (Lipinski definition) is 1. The maximum Gasteiger partial charge on any atom is 0.155 e. The molecule has 0 aromatic heterocycles. The predicted molar refractivity (Wildman–Crippen MR) is 98.2 cm³/mol. The molecule has 1 saturated carbocycles. The summed E-state index contributed by atoms with van der Waals surface area (Å²) in [7, 11) is 0. The number of hydrogen-bond acceptors (Lipinski definition) is 2. The summed E-state index contributed by atoms with van der Waals surface area (Å²) in [6.07, 6.45) is 9.33. The number of benzene rings is 1.